The quantitative estimate of drug-likeness (QED) is 0.0507. The summed E-state index contributed by atoms with van der Waals surface area (Å²) in [5.74, 6) is 0. The maximum absolute atomic E-state index is 6.34. The van der Waals surface area contributed by atoms with E-state index in [2.05, 4.69) is 117 Å². The molecule has 10 N–H and O–H groups in total. The maximum Gasteiger partial charge on any atom is 2.00 e. The number of nitrogens with one attached hydrogen (secondary N) is 2. The van der Waals surface area contributed by atoms with Gasteiger partial charge < -0.3 is 68.2 Å². The molecule has 12 nitrogen and oxygen atoms in total. The van der Waals surface area contributed by atoms with Gasteiger partial charge in [-0.25, -0.2) is 9.78 Å². The van der Waals surface area contributed by atoms with Gasteiger partial charge in [-0.15, -0.1) is 6.67 Å². The fourth-order valence-electron chi connectivity index (χ4n) is 0.300. The minimum absolute atomic E-state index is 0. The van der Waals surface area contributed by atoms with Crippen LogP contribution in [0.5, 0.6) is 0 Å². The van der Waals surface area contributed by atoms with E-state index in [9.17, 15) is 0 Å². The Hall–Kier alpha value is 0.793. The number of nitrogens with two attached hydrogens (primary N) is 4. The second-order valence-electron chi connectivity index (χ2n) is 8.43. The van der Waals surface area contributed by atoms with E-state index in [1.807, 2.05) is 76.2 Å². The van der Waals surface area contributed by atoms with Crippen LogP contribution < -0.4 is 22.5 Å². The van der Waals surface area contributed by atoms with Crippen LogP contribution in [0.2, 0.25) is 0 Å². The van der Waals surface area contributed by atoms with Crippen molar-refractivity contribution in [3.8, 4) is 0 Å². The molecule has 0 fully saturated rings. The first-order valence-corrected chi connectivity index (χ1v) is 22.0. The summed E-state index contributed by atoms with van der Waals surface area (Å²) in [5.41, 5.74) is 20.4. The van der Waals surface area contributed by atoms with Crippen LogP contribution in [-0.4, -0.2) is 89.1 Å². The second kappa shape index (κ2) is 365. The third-order valence-corrected chi connectivity index (χ3v) is 2.95. The van der Waals surface area contributed by atoms with Crippen molar-refractivity contribution in [2.75, 3.05) is 89.1 Å². The van der Waals surface area contributed by atoms with Crippen LogP contribution in [0.15, 0.2) is 0 Å². The number of methoxy groups -OCH3 is 4. The molecule has 14 heteroatoms. The van der Waals surface area contributed by atoms with E-state index in [0.717, 1.165) is 32.8 Å². The monoisotopic (exact) mass is 1100 g/mol. The Kier molecular flexibility index (Phi) is 835. The summed E-state index contributed by atoms with van der Waals surface area (Å²) in [7, 11) is 9.77. The van der Waals surface area contributed by atoms with Crippen molar-refractivity contribution in [2.24, 2.45) is 17.2 Å². The summed E-state index contributed by atoms with van der Waals surface area (Å²) in [4.78, 5) is 8.42. The van der Waals surface area contributed by atoms with E-state index < -0.39 is 0 Å². The van der Waals surface area contributed by atoms with Crippen LogP contribution >= 0.6 is 0 Å². The van der Waals surface area contributed by atoms with E-state index in [4.69, 9.17) is 16.2 Å². The number of ether oxygens (including phenoxy) is 4. The molecule has 0 rings (SSSR count). The molecule has 0 saturated heterocycles. The van der Waals surface area contributed by atoms with Crippen molar-refractivity contribution >= 4 is 0 Å². The Morgan fingerprint density at radius 3 is 0.650 bits per heavy atom. The minimum atomic E-state index is 0. The first-order chi connectivity index (χ1) is 26.5. The molecule has 0 saturated carbocycles. The van der Waals surface area contributed by atoms with Crippen LogP contribution in [0, 0.1) is 14.9 Å². The topological polar surface area (TPSA) is 203 Å². The molecule has 0 aliphatic heterocycles. The molecule has 60 heavy (non-hydrogen) atoms. The molecule has 0 aromatic rings. The third-order valence-electron chi connectivity index (χ3n) is 2.95. The fourth-order valence-corrected chi connectivity index (χ4v) is 0.300. The summed E-state index contributed by atoms with van der Waals surface area (Å²) in [6.45, 7) is 49.5. The van der Waals surface area contributed by atoms with Crippen LogP contribution in [0.1, 0.15) is 210 Å². The summed E-state index contributed by atoms with van der Waals surface area (Å²) in [6, 6.07) is 0. The van der Waals surface area contributed by atoms with E-state index in [0.29, 0.717) is 6.67 Å². The van der Waals surface area contributed by atoms with E-state index >= 15 is 0 Å². The van der Waals surface area contributed by atoms with Crippen LogP contribution in [-0.2, 0) is 68.3 Å². The summed E-state index contributed by atoms with van der Waals surface area (Å²) in [6.07, 6.45) is 11.5. The van der Waals surface area contributed by atoms with Gasteiger partial charge in [0.15, 0.2) is 6.79 Å². The zero-order valence-electron chi connectivity index (χ0n) is 47.9. The maximum atomic E-state index is 6.34. The first kappa shape index (κ1) is 137. The van der Waals surface area contributed by atoms with Crippen LogP contribution in [0.3, 0.4) is 0 Å². The van der Waals surface area contributed by atoms with Gasteiger partial charge in [-0.1, -0.05) is 190 Å². The molecular weight excluding hydrogens is 967 g/mol. The van der Waals surface area contributed by atoms with Gasteiger partial charge in [-0.3, -0.25) is 0 Å². The van der Waals surface area contributed by atoms with Crippen LogP contribution in [0.4, 0.5) is 0 Å². The Balaban J connectivity index is -0.0000000143. The van der Waals surface area contributed by atoms with Crippen molar-refractivity contribution in [1.29, 1.82) is 0 Å². The van der Waals surface area contributed by atoms with Gasteiger partial charge >= 0.3 is 39.6 Å². The van der Waals surface area contributed by atoms with E-state index in [-0.39, 0.29) is 74.1 Å². The minimum Gasteiger partial charge on any atom is -0.693 e. The number of hydrogen-bond donors (Lipinski definition) is 4. The molecular formula is C46H132N6O6VW. The average Bonchev–Trinajstić information content (AvgIpc) is 3.25. The first-order valence-electron chi connectivity index (χ1n) is 22.0. The van der Waals surface area contributed by atoms with Crippen molar-refractivity contribution in [2.45, 2.75) is 210 Å². The van der Waals surface area contributed by atoms with Crippen molar-refractivity contribution in [1.82, 2.24) is 5.32 Å². The molecule has 0 heterocycles. The molecule has 0 aromatic heterocycles. The molecule has 0 atom stereocenters. The van der Waals surface area contributed by atoms with E-state index in [1.165, 1.54) is 65.6 Å². The zero-order chi connectivity index (χ0) is 48.3. The Labute approximate surface area is 414 Å². The van der Waals surface area contributed by atoms with Gasteiger partial charge in [-0.05, 0) is 33.9 Å². The van der Waals surface area contributed by atoms with Gasteiger partial charge in [-0.2, -0.15) is 0 Å². The smallest absolute Gasteiger partial charge is 0.693 e. The average molecular weight is 1100 g/mol. The summed E-state index contributed by atoms with van der Waals surface area (Å²) < 4.78 is 18.2. The normalized spacial score (nSPS) is 6.20. The third kappa shape index (κ3) is 1410. The molecule has 0 spiro atoms. The van der Waals surface area contributed by atoms with Gasteiger partial charge in [0.2, 0.25) is 0 Å². The molecule has 0 aliphatic rings. The van der Waals surface area contributed by atoms with Gasteiger partial charge in [0, 0.05) is 54.9 Å². The molecule has 1 radical (unpaired) electrons. The molecule has 0 aromatic carbocycles. The Bertz CT molecular complexity index is 220. The molecule has 0 unspecified atom stereocenters. The summed E-state index contributed by atoms with van der Waals surface area (Å²) in [5, 5.41) is 2.60. The van der Waals surface area contributed by atoms with Gasteiger partial charge in [0.05, 0.1) is 7.11 Å². The molecule has 393 valence electrons. The number of hydrogen-bond acceptors (Lipinski definition) is 10. The standard InChI is InChI=1S/C4H10O.3C4H10.C3H8O3.2C3H8O.2C3H8.C2H7N2.C2H7N.4C2H6.CH6N2.2CH3.H2N.V.W/c1-3-4-5-2;3*1-3-4-2;1-4-3-6-5-2;2*1-3-4-2;2*1-3-2;1-4-2-3;1-2-3;4*1-2;2-1-3;;;;;/h3-4H2,1-2H3;3*3-4H2,1-2H3;3H2,1-2H3;2*3H2,1-2H3;2*3H2,1-2H3;3-4H,2H2,1H3;2-3H2,1H3;4*1-2H3;1-3H2;2*1H3;1H2;;/q;;;;;;;;;-1;;;;;;;3*-1;2*+2. The van der Waals surface area contributed by atoms with Crippen molar-refractivity contribution in [3.63, 3.8) is 0 Å². The van der Waals surface area contributed by atoms with E-state index in [1.54, 1.807) is 28.4 Å². The predicted molar refractivity (Wildman–Crippen MR) is 281 cm³/mol. The van der Waals surface area contributed by atoms with Gasteiger partial charge in [0.25, 0.3) is 0 Å². The summed E-state index contributed by atoms with van der Waals surface area (Å²) >= 11 is 0. The zero-order valence-corrected chi connectivity index (χ0v) is 52.3. The number of unbranched alkanes of at least 4 members (excludes halogenated alkanes) is 3. The van der Waals surface area contributed by atoms with Crippen LogP contribution in [0.25, 0.3) is 11.9 Å². The second-order valence-corrected chi connectivity index (χ2v) is 8.43. The van der Waals surface area contributed by atoms with Crippen molar-refractivity contribution in [3.05, 3.63) is 26.7 Å². The Morgan fingerprint density at radius 2 is 0.633 bits per heavy atom. The fraction of sp³-hybridized carbons (Fsp3) is 0.957. The largest absolute Gasteiger partial charge is 2.00 e. The Morgan fingerprint density at radius 1 is 0.467 bits per heavy atom. The van der Waals surface area contributed by atoms with Gasteiger partial charge in [0.1, 0.15) is 0 Å². The molecule has 0 aliphatic carbocycles. The molecule has 0 amide bonds. The SMILES string of the molecule is CC.CC.CC.CC.CCC.CCC.CCCC.CCCC.CCCC.CCCOC.CCN.CCOC.CCOC.CNC[NH-].COCOOC.NCN.[CH3-].[CH3-].[NH2-].[V+2].[W+2]. The molecule has 0 bridgehead atoms. The number of rotatable bonds is 11. The predicted octanol–water partition coefficient (Wildman–Crippen LogP) is 15.5. The van der Waals surface area contributed by atoms with Crippen molar-refractivity contribution < 1.29 is 68.3 Å².